The Hall–Kier alpha value is -2.47. The second-order valence-electron chi connectivity index (χ2n) is 9.13. The molecule has 0 rings (SSSR count). The van der Waals surface area contributed by atoms with Crippen molar-refractivity contribution in [3.63, 3.8) is 0 Å². The zero-order valence-corrected chi connectivity index (χ0v) is 20.9. The number of carboxylic acids is 1. The summed E-state index contributed by atoms with van der Waals surface area (Å²) < 4.78 is 168. The van der Waals surface area contributed by atoms with Gasteiger partial charge in [-0.25, -0.2) is 8.78 Å². The lowest BCUT2D eigenvalue weighted by molar-refractivity contribution is -0.414. The van der Waals surface area contributed by atoms with E-state index in [2.05, 4.69) is 4.74 Å². The molecule has 0 fully saturated rings. The van der Waals surface area contributed by atoms with E-state index in [1.54, 1.807) is 0 Å². The first-order valence-electron chi connectivity index (χ1n) is 11.1. The fraction of sp³-hybridized carbons (Fsp3) is 0.857. The van der Waals surface area contributed by atoms with Gasteiger partial charge in [-0.05, 0) is 26.2 Å². The van der Waals surface area contributed by atoms with Crippen LogP contribution < -0.4 is 0 Å². The molecule has 0 aromatic carbocycles. The van der Waals surface area contributed by atoms with Crippen LogP contribution in [0.25, 0.3) is 0 Å². The molecular weight excluding hydrogens is 592 g/mol. The van der Waals surface area contributed by atoms with Crippen molar-refractivity contribution in [1.29, 1.82) is 0 Å². The number of ether oxygens (including phenoxy) is 2. The Kier molecular flexibility index (Phi) is 12.2. The highest BCUT2D eigenvalue weighted by molar-refractivity contribution is 5.80. The summed E-state index contributed by atoms with van der Waals surface area (Å²) in [5, 5.41) is 18.1. The van der Waals surface area contributed by atoms with E-state index >= 15 is 0 Å². The summed E-state index contributed by atoms with van der Waals surface area (Å²) >= 11 is 0. The maximum atomic E-state index is 13.9. The van der Waals surface area contributed by atoms with Gasteiger partial charge in [0.2, 0.25) is 0 Å². The van der Waals surface area contributed by atoms with Gasteiger partial charge in [-0.2, -0.15) is 43.9 Å². The minimum absolute atomic E-state index is 0. The largest absolute Gasteiger partial charge is 0.481 e. The SMILES string of the molecule is CCC(CC(C)(CC(C)C(=O)OCC(F)(F)C(F)(F)C(F)(F)C(F)(F)C(F)(F)C(F)F)C(=O)OCCO)C(=O)O.[HH].[HH].[HH]. The van der Waals surface area contributed by atoms with Crippen molar-refractivity contribution in [3.8, 4) is 0 Å². The number of aliphatic hydroxyl groups is 1. The molecule has 40 heavy (non-hydrogen) atoms. The van der Waals surface area contributed by atoms with Crippen LogP contribution in [0, 0.1) is 17.3 Å². The topological polar surface area (TPSA) is 110 Å². The molecule has 0 saturated carbocycles. The van der Waals surface area contributed by atoms with Crippen molar-refractivity contribution in [3.05, 3.63) is 0 Å². The van der Waals surface area contributed by atoms with Crippen molar-refractivity contribution < 1.29 is 91.0 Å². The van der Waals surface area contributed by atoms with Gasteiger partial charge in [-0.3, -0.25) is 14.4 Å². The van der Waals surface area contributed by atoms with Crippen LogP contribution in [-0.2, 0) is 23.9 Å². The molecule has 0 aliphatic heterocycles. The standard InChI is InChI=1S/C21H26F12O7.3H2/c1-4-11(12(35)36)8-16(3,15(38)39-6-5-34)7-10(2)13(37)40-9-17(24,25)19(28,29)21(32,33)20(30,31)18(26,27)14(22)23;;;/h10-11,14,34H,4-9H2,1-3H3,(H,35,36);3*1H. The molecule has 19 heteroatoms. The van der Waals surface area contributed by atoms with E-state index in [1.165, 1.54) is 6.92 Å². The smallest absolute Gasteiger partial charge is 0.384 e. The molecule has 0 aromatic rings. The Morgan fingerprint density at radius 3 is 1.75 bits per heavy atom. The molecule has 0 aliphatic rings. The number of alkyl halides is 12. The van der Waals surface area contributed by atoms with Gasteiger partial charge in [0.25, 0.3) is 0 Å². The van der Waals surface area contributed by atoms with E-state index in [-0.39, 0.29) is 10.7 Å². The normalized spacial score (nSPS) is 16.7. The third-order valence-electron chi connectivity index (χ3n) is 5.85. The number of carbonyl (C=O) groups is 3. The van der Waals surface area contributed by atoms with Crippen LogP contribution in [0.4, 0.5) is 52.7 Å². The number of carbonyl (C=O) groups excluding carboxylic acids is 2. The van der Waals surface area contributed by atoms with Crippen molar-refractivity contribution in [1.82, 2.24) is 0 Å². The van der Waals surface area contributed by atoms with E-state index in [9.17, 15) is 72.2 Å². The Morgan fingerprint density at radius 1 is 0.850 bits per heavy atom. The van der Waals surface area contributed by atoms with Crippen molar-refractivity contribution in [2.45, 2.75) is 76.1 Å². The zero-order chi connectivity index (χ0) is 32.1. The molecule has 7 nitrogen and oxygen atoms in total. The van der Waals surface area contributed by atoms with Crippen LogP contribution in [0.3, 0.4) is 0 Å². The van der Waals surface area contributed by atoms with Gasteiger partial charge >= 0.3 is 53.9 Å². The molecule has 0 amide bonds. The summed E-state index contributed by atoms with van der Waals surface area (Å²) in [5.41, 5.74) is -1.92. The number of rotatable bonds is 17. The Labute approximate surface area is 223 Å². The molecule has 0 heterocycles. The zero-order valence-electron chi connectivity index (χ0n) is 20.9. The molecule has 0 aromatic heterocycles. The van der Waals surface area contributed by atoms with Crippen molar-refractivity contribution >= 4 is 17.9 Å². The number of aliphatic carboxylic acids is 1. The summed E-state index contributed by atoms with van der Waals surface area (Å²) in [6.07, 6.45) is -7.07. The van der Waals surface area contributed by atoms with Gasteiger partial charge in [-0.15, -0.1) is 0 Å². The number of esters is 2. The second kappa shape index (κ2) is 13.0. The lowest BCUT2D eigenvalue weighted by Crippen LogP contribution is -2.69. The molecule has 0 aliphatic carbocycles. The first-order chi connectivity index (χ1) is 17.8. The number of halogens is 12. The van der Waals surface area contributed by atoms with Crippen LogP contribution in [-0.4, -0.2) is 84.0 Å². The average molecular weight is 624 g/mol. The molecule has 0 spiro atoms. The summed E-state index contributed by atoms with van der Waals surface area (Å²) in [4.78, 5) is 36.0. The van der Waals surface area contributed by atoms with E-state index in [0.29, 0.717) is 0 Å². The molecule has 2 N–H and O–H groups in total. The number of hydrogen-bond donors (Lipinski definition) is 2. The van der Waals surface area contributed by atoms with Gasteiger partial charge in [0.15, 0.2) is 6.61 Å². The average Bonchev–Trinajstić information content (AvgIpc) is 2.83. The van der Waals surface area contributed by atoms with Crippen LogP contribution in [0.2, 0.25) is 0 Å². The maximum Gasteiger partial charge on any atom is 0.384 e. The van der Waals surface area contributed by atoms with E-state index in [0.717, 1.165) is 13.8 Å². The van der Waals surface area contributed by atoms with Crippen LogP contribution in [0.5, 0.6) is 0 Å². The van der Waals surface area contributed by atoms with Crippen LogP contribution >= 0.6 is 0 Å². The summed E-state index contributed by atoms with van der Waals surface area (Å²) in [6, 6.07) is 0. The summed E-state index contributed by atoms with van der Waals surface area (Å²) in [5.74, 6) is -44.2. The Balaban J connectivity index is -0.00000253. The lowest BCUT2D eigenvalue weighted by atomic mass is 9.74. The molecular formula is C21H32F12O7. The van der Waals surface area contributed by atoms with E-state index in [1.807, 2.05) is 0 Å². The van der Waals surface area contributed by atoms with Gasteiger partial charge in [0.05, 0.1) is 23.9 Å². The summed E-state index contributed by atoms with van der Waals surface area (Å²) in [6.45, 7) is -1.13. The first kappa shape index (κ1) is 37.5. The number of hydrogen-bond acceptors (Lipinski definition) is 6. The maximum absolute atomic E-state index is 13.9. The van der Waals surface area contributed by atoms with Gasteiger partial charge in [0.1, 0.15) is 6.61 Å². The van der Waals surface area contributed by atoms with Gasteiger partial charge < -0.3 is 19.7 Å². The minimum Gasteiger partial charge on any atom is -0.481 e. The third-order valence-corrected chi connectivity index (χ3v) is 5.85. The predicted octanol–water partition coefficient (Wildman–Crippen LogP) is 5.78. The lowest BCUT2D eigenvalue weighted by Gasteiger charge is -2.39. The van der Waals surface area contributed by atoms with Crippen molar-refractivity contribution in [2.75, 3.05) is 19.8 Å². The van der Waals surface area contributed by atoms with Crippen LogP contribution in [0.1, 0.15) is 44.3 Å². The third kappa shape index (κ3) is 7.43. The molecule has 0 radical (unpaired) electrons. The minimum atomic E-state index is -7.79. The Bertz CT molecular complexity index is 913. The van der Waals surface area contributed by atoms with Crippen molar-refractivity contribution in [2.24, 2.45) is 17.3 Å². The van der Waals surface area contributed by atoms with Gasteiger partial charge in [-0.1, -0.05) is 13.8 Å². The second-order valence-corrected chi connectivity index (χ2v) is 9.13. The summed E-state index contributed by atoms with van der Waals surface area (Å²) in [7, 11) is 0. The molecule has 3 unspecified atom stereocenters. The quantitative estimate of drug-likeness (QED) is 0.156. The molecule has 0 bridgehead atoms. The van der Waals surface area contributed by atoms with E-state index < -0.39 is 104 Å². The fourth-order valence-electron chi connectivity index (χ4n) is 3.44. The highest BCUT2D eigenvalue weighted by Crippen LogP contribution is 2.58. The highest BCUT2D eigenvalue weighted by Gasteiger charge is 2.87. The monoisotopic (exact) mass is 624 g/mol. The number of aliphatic hydroxyl groups excluding tert-OH is 1. The first-order valence-corrected chi connectivity index (χ1v) is 11.1. The molecule has 242 valence electrons. The van der Waals surface area contributed by atoms with Crippen LogP contribution in [0.15, 0.2) is 0 Å². The van der Waals surface area contributed by atoms with E-state index in [4.69, 9.17) is 9.84 Å². The molecule has 3 atom stereocenters. The molecule has 0 saturated heterocycles. The van der Waals surface area contributed by atoms with Gasteiger partial charge in [0, 0.05) is 4.28 Å². The number of carboxylic acid groups (broad SMARTS) is 1. The fourth-order valence-corrected chi connectivity index (χ4v) is 3.44. The Morgan fingerprint density at radius 2 is 1.35 bits per heavy atom. The highest BCUT2D eigenvalue weighted by atomic mass is 19.4. The predicted molar refractivity (Wildman–Crippen MR) is 114 cm³/mol.